The van der Waals surface area contributed by atoms with Gasteiger partial charge in [0.15, 0.2) is 0 Å². The van der Waals surface area contributed by atoms with E-state index in [1.807, 2.05) is 0 Å². The summed E-state index contributed by atoms with van der Waals surface area (Å²) in [6.45, 7) is 6.55. The Morgan fingerprint density at radius 2 is 1.52 bits per heavy atom. The van der Waals surface area contributed by atoms with Crippen molar-refractivity contribution < 1.29 is 0 Å². The van der Waals surface area contributed by atoms with Crippen molar-refractivity contribution in [3.63, 3.8) is 0 Å². The van der Waals surface area contributed by atoms with Crippen molar-refractivity contribution >= 4 is 16.8 Å². The first-order valence-corrected chi connectivity index (χ1v) is 9.01. The van der Waals surface area contributed by atoms with Crippen molar-refractivity contribution in [2.24, 2.45) is 5.92 Å². The summed E-state index contributed by atoms with van der Waals surface area (Å²) in [4.78, 5) is 0. The van der Waals surface area contributed by atoms with Gasteiger partial charge in [-0.05, 0) is 48.1 Å². The summed E-state index contributed by atoms with van der Waals surface area (Å²) < 4.78 is 0. The van der Waals surface area contributed by atoms with Gasteiger partial charge in [0.05, 0.1) is 0 Å². The molecule has 0 spiro atoms. The topological polar surface area (TPSA) is 0 Å². The average molecular weight is 326 g/mol. The van der Waals surface area contributed by atoms with E-state index in [0.717, 1.165) is 6.42 Å². The van der Waals surface area contributed by atoms with Crippen LogP contribution in [0.25, 0.3) is 16.8 Å². The van der Waals surface area contributed by atoms with Gasteiger partial charge in [-0.1, -0.05) is 103 Å². The minimum absolute atomic E-state index is 0.639. The van der Waals surface area contributed by atoms with Crippen LogP contribution in [-0.2, 0) is 6.42 Å². The van der Waals surface area contributed by atoms with Crippen LogP contribution < -0.4 is 0 Å². The van der Waals surface area contributed by atoms with E-state index < -0.39 is 0 Å². The molecule has 25 heavy (non-hydrogen) atoms. The summed E-state index contributed by atoms with van der Waals surface area (Å²) in [5.74, 6) is 0.639. The highest BCUT2D eigenvalue weighted by Gasteiger charge is 2.06. The smallest absolute Gasteiger partial charge is 0.0181 e. The molecule has 0 aromatic heterocycles. The summed E-state index contributed by atoms with van der Waals surface area (Å²) in [6.07, 6.45) is 7.93. The van der Waals surface area contributed by atoms with Crippen LogP contribution in [0.1, 0.15) is 30.5 Å². The Morgan fingerprint density at radius 3 is 2.36 bits per heavy atom. The molecule has 1 aliphatic rings. The summed E-state index contributed by atoms with van der Waals surface area (Å²) >= 11 is 0. The molecule has 0 fully saturated rings. The lowest BCUT2D eigenvalue weighted by Crippen LogP contribution is -2.00. The summed E-state index contributed by atoms with van der Waals surface area (Å²) in [6, 6.07) is 23.6. The molecule has 0 saturated carbocycles. The third-order valence-corrected chi connectivity index (χ3v) is 4.57. The highest BCUT2D eigenvalue weighted by molar-refractivity contribution is 5.82. The van der Waals surface area contributed by atoms with Crippen LogP contribution in [-0.4, -0.2) is 0 Å². The van der Waals surface area contributed by atoms with Gasteiger partial charge in [-0.3, -0.25) is 0 Å². The van der Waals surface area contributed by atoms with Crippen LogP contribution in [0.15, 0.2) is 84.5 Å². The third-order valence-electron chi connectivity index (χ3n) is 4.57. The zero-order valence-electron chi connectivity index (χ0n) is 15.4. The van der Waals surface area contributed by atoms with Crippen LogP contribution >= 0.6 is 0 Å². The molecule has 0 amide bonds. The molecule has 0 aliphatic heterocycles. The average Bonchev–Trinajstić information content (AvgIpc) is 2.61. The molecule has 1 atom stereocenters. The Kier molecular flexibility index (Phi) is 5.50. The van der Waals surface area contributed by atoms with Crippen LogP contribution in [0.5, 0.6) is 0 Å². The van der Waals surface area contributed by atoms with Gasteiger partial charge in [-0.2, -0.15) is 0 Å². The highest BCUT2D eigenvalue weighted by atomic mass is 14.1. The number of rotatable bonds is 0. The fourth-order valence-electron chi connectivity index (χ4n) is 3.19. The number of allylic oxidation sites excluding steroid dienone is 3. The molecule has 0 nitrogen and oxygen atoms in total. The minimum Gasteiger partial charge on any atom is -0.0811 e. The van der Waals surface area contributed by atoms with Crippen LogP contribution in [0.4, 0.5) is 0 Å². The number of fused-ring (bicyclic) bond motifs is 2. The van der Waals surface area contributed by atoms with Crippen LogP contribution in [0.2, 0.25) is 0 Å². The van der Waals surface area contributed by atoms with E-state index in [-0.39, 0.29) is 0 Å². The largest absolute Gasteiger partial charge is 0.0811 e. The van der Waals surface area contributed by atoms with E-state index in [9.17, 15) is 0 Å². The van der Waals surface area contributed by atoms with E-state index in [1.54, 1.807) is 0 Å². The van der Waals surface area contributed by atoms with Gasteiger partial charge in [0.2, 0.25) is 0 Å². The molecule has 4 rings (SSSR count). The van der Waals surface area contributed by atoms with Gasteiger partial charge < -0.3 is 0 Å². The quantitative estimate of drug-likeness (QED) is 0.418. The third kappa shape index (κ3) is 4.70. The standard InChI is InChI=1S/C14H16.C11H10/c1-11-7-8-12(2)10-14-6-4-3-5-13(14)9-11;1-9-6-7-10-4-2-3-5-11(10)8-9/h3-9,12H,10H2,1-2H3;2-8H,1H3/b8-7?,11-9-;. The molecule has 3 aromatic carbocycles. The lowest BCUT2D eigenvalue weighted by Gasteiger charge is -2.12. The first kappa shape index (κ1) is 17.2. The summed E-state index contributed by atoms with van der Waals surface area (Å²) in [5.41, 5.74) is 5.50. The number of hydrogen-bond acceptors (Lipinski definition) is 0. The second-order valence-corrected chi connectivity index (χ2v) is 6.98. The summed E-state index contributed by atoms with van der Waals surface area (Å²) in [7, 11) is 0. The predicted molar refractivity (Wildman–Crippen MR) is 111 cm³/mol. The normalized spacial score (nSPS) is 18.2. The Balaban J connectivity index is 0.000000150. The molecule has 0 N–H and O–H groups in total. The molecule has 3 aromatic rings. The van der Waals surface area contributed by atoms with Crippen molar-refractivity contribution in [1.29, 1.82) is 0 Å². The first-order valence-electron chi connectivity index (χ1n) is 9.01. The fraction of sp³-hybridized carbons (Fsp3) is 0.200. The molecular formula is C25H26. The molecule has 1 aliphatic carbocycles. The van der Waals surface area contributed by atoms with Gasteiger partial charge in [0.25, 0.3) is 0 Å². The van der Waals surface area contributed by atoms with Gasteiger partial charge in [0, 0.05) is 0 Å². The van der Waals surface area contributed by atoms with Crippen molar-refractivity contribution in [3.8, 4) is 0 Å². The van der Waals surface area contributed by atoms with E-state index in [1.165, 1.54) is 33.0 Å². The SMILES string of the molecule is C/C1=C/c2ccccc2CC(C)C=C1.Cc1ccc2ccccc2c1. The van der Waals surface area contributed by atoms with E-state index in [4.69, 9.17) is 0 Å². The zero-order valence-corrected chi connectivity index (χ0v) is 15.4. The highest BCUT2D eigenvalue weighted by Crippen LogP contribution is 2.21. The molecule has 126 valence electrons. The zero-order chi connectivity index (χ0) is 17.6. The van der Waals surface area contributed by atoms with Gasteiger partial charge in [0.1, 0.15) is 0 Å². The molecule has 0 saturated heterocycles. The fourth-order valence-corrected chi connectivity index (χ4v) is 3.19. The van der Waals surface area contributed by atoms with Crippen LogP contribution in [0.3, 0.4) is 0 Å². The Bertz CT molecular complexity index is 912. The second kappa shape index (κ2) is 7.98. The lowest BCUT2D eigenvalue weighted by atomic mass is 9.93. The van der Waals surface area contributed by atoms with Gasteiger partial charge in [-0.25, -0.2) is 0 Å². The summed E-state index contributed by atoms with van der Waals surface area (Å²) in [5, 5.41) is 2.64. The van der Waals surface area contributed by atoms with Gasteiger partial charge >= 0.3 is 0 Å². The van der Waals surface area contributed by atoms with Crippen molar-refractivity contribution in [3.05, 3.63) is 101 Å². The molecule has 0 heterocycles. The minimum atomic E-state index is 0.639. The van der Waals surface area contributed by atoms with E-state index in [2.05, 4.69) is 106 Å². The molecular weight excluding hydrogens is 300 g/mol. The number of aryl methyl sites for hydroxylation is 1. The molecule has 0 bridgehead atoms. The van der Waals surface area contributed by atoms with E-state index >= 15 is 0 Å². The molecule has 0 radical (unpaired) electrons. The Hall–Kier alpha value is -2.60. The maximum absolute atomic E-state index is 2.29. The van der Waals surface area contributed by atoms with Crippen molar-refractivity contribution in [1.82, 2.24) is 0 Å². The Morgan fingerprint density at radius 1 is 0.800 bits per heavy atom. The first-order chi connectivity index (χ1) is 12.1. The number of benzene rings is 3. The number of hydrogen-bond donors (Lipinski definition) is 0. The van der Waals surface area contributed by atoms with Gasteiger partial charge in [-0.15, -0.1) is 0 Å². The maximum atomic E-state index is 2.29. The van der Waals surface area contributed by atoms with E-state index in [0.29, 0.717) is 5.92 Å². The van der Waals surface area contributed by atoms with Crippen molar-refractivity contribution in [2.45, 2.75) is 27.2 Å². The Labute approximate surface area is 151 Å². The second-order valence-electron chi connectivity index (χ2n) is 6.98. The maximum Gasteiger partial charge on any atom is -0.0181 e. The lowest BCUT2D eigenvalue weighted by molar-refractivity contribution is 0.721. The monoisotopic (exact) mass is 326 g/mol. The molecule has 1 unspecified atom stereocenters. The molecule has 0 heteroatoms. The van der Waals surface area contributed by atoms with Crippen LogP contribution in [0, 0.1) is 12.8 Å². The van der Waals surface area contributed by atoms with Crippen molar-refractivity contribution in [2.75, 3.05) is 0 Å². The predicted octanol–water partition coefficient (Wildman–Crippen LogP) is 6.99.